The van der Waals surface area contributed by atoms with Crippen molar-refractivity contribution in [1.82, 2.24) is 10.3 Å². The smallest absolute Gasteiger partial charge is 0.0411 e. The summed E-state index contributed by atoms with van der Waals surface area (Å²) >= 11 is 6.19. The van der Waals surface area contributed by atoms with Crippen molar-refractivity contribution >= 4 is 11.6 Å². The predicted molar refractivity (Wildman–Crippen MR) is 85.2 cm³/mol. The zero-order chi connectivity index (χ0) is 14.4. The highest BCUT2D eigenvalue weighted by Crippen LogP contribution is 2.23. The summed E-state index contributed by atoms with van der Waals surface area (Å²) in [5.41, 5.74) is 3.67. The molecule has 0 amide bonds. The van der Waals surface area contributed by atoms with Crippen LogP contribution in [0.25, 0.3) is 0 Å². The van der Waals surface area contributed by atoms with Crippen LogP contribution in [0.4, 0.5) is 0 Å². The first kappa shape index (κ1) is 15.0. The zero-order valence-corrected chi connectivity index (χ0v) is 12.8. The van der Waals surface area contributed by atoms with E-state index in [1.807, 2.05) is 24.5 Å². The van der Waals surface area contributed by atoms with Gasteiger partial charge in [0.2, 0.25) is 0 Å². The maximum absolute atomic E-state index is 6.19. The number of rotatable bonds is 6. The molecule has 1 N–H and O–H groups in total. The normalized spacial score (nSPS) is 12.3. The Morgan fingerprint density at radius 3 is 2.80 bits per heavy atom. The highest BCUT2D eigenvalue weighted by molar-refractivity contribution is 6.30. The van der Waals surface area contributed by atoms with Gasteiger partial charge in [-0.1, -0.05) is 30.7 Å². The number of halogens is 1. The summed E-state index contributed by atoms with van der Waals surface area (Å²) in [5, 5.41) is 4.40. The molecule has 0 fully saturated rings. The fourth-order valence-electron chi connectivity index (χ4n) is 2.35. The molecule has 2 aromatic rings. The van der Waals surface area contributed by atoms with Crippen LogP contribution in [0.5, 0.6) is 0 Å². The lowest BCUT2D eigenvalue weighted by atomic mass is 9.98. The van der Waals surface area contributed by atoms with E-state index in [1.165, 1.54) is 16.7 Å². The summed E-state index contributed by atoms with van der Waals surface area (Å²) < 4.78 is 0. The Kier molecular flexibility index (Phi) is 5.57. The maximum atomic E-state index is 6.19. The summed E-state index contributed by atoms with van der Waals surface area (Å²) in [6.07, 6.45) is 5.77. The lowest BCUT2D eigenvalue weighted by molar-refractivity contribution is 0.528. The second-order valence-corrected chi connectivity index (χ2v) is 5.57. The van der Waals surface area contributed by atoms with Crippen LogP contribution in [0.2, 0.25) is 5.02 Å². The molecule has 0 saturated carbocycles. The topological polar surface area (TPSA) is 24.9 Å². The number of hydrogen-bond acceptors (Lipinski definition) is 2. The molecular weight excluding hydrogens is 268 g/mol. The Labute approximate surface area is 126 Å². The van der Waals surface area contributed by atoms with E-state index in [9.17, 15) is 0 Å². The third kappa shape index (κ3) is 4.32. The molecule has 1 atom stereocenters. The Morgan fingerprint density at radius 2 is 2.15 bits per heavy atom. The molecule has 20 heavy (non-hydrogen) atoms. The maximum Gasteiger partial charge on any atom is 0.0411 e. The van der Waals surface area contributed by atoms with Gasteiger partial charge >= 0.3 is 0 Å². The van der Waals surface area contributed by atoms with Crippen molar-refractivity contribution in [3.63, 3.8) is 0 Å². The van der Waals surface area contributed by atoms with Crippen LogP contribution >= 0.6 is 11.6 Å². The van der Waals surface area contributed by atoms with Crippen LogP contribution in [-0.2, 0) is 6.42 Å². The molecule has 2 nitrogen and oxygen atoms in total. The lowest BCUT2D eigenvalue weighted by Gasteiger charge is -2.20. The molecule has 1 unspecified atom stereocenters. The number of aromatic nitrogens is 1. The van der Waals surface area contributed by atoms with Crippen molar-refractivity contribution in [2.45, 2.75) is 32.7 Å². The average molecular weight is 289 g/mol. The minimum atomic E-state index is 0.275. The number of pyridine rings is 1. The molecule has 1 aromatic heterocycles. The van der Waals surface area contributed by atoms with Crippen molar-refractivity contribution in [3.8, 4) is 0 Å². The van der Waals surface area contributed by atoms with E-state index in [2.05, 4.69) is 42.3 Å². The van der Waals surface area contributed by atoms with E-state index in [1.54, 1.807) is 0 Å². The highest BCUT2D eigenvalue weighted by Gasteiger charge is 2.12. The fourth-order valence-corrected chi connectivity index (χ4v) is 2.64. The lowest BCUT2D eigenvalue weighted by Crippen LogP contribution is -2.24. The van der Waals surface area contributed by atoms with Crippen LogP contribution in [-0.4, -0.2) is 11.5 Å². The standard InChI is InChI=1S/C17H21ClN2/c1-3-6-20-17(10-14-5-4-7-19-12-14)15-8-13(2)9-16(18)11-15/h4-5,7-9,11-12,17,20H,3,6,10H2,1-2H3. The van der Waals surface area contributed by atoms with Crippen LogP contribution in [0.1, 0.15) is 36.1 Å². The summed E-state index contributed by atoms with van der Waals surface area (Å²) in [6, 6.07) is 10.6. The van der Waals surface area contributed by atoms with Gasteiger partial charge in [-0.15, -0.1) is 0 Å². The van der Waals surface area contributed by atoms with E-state index < -0.39 is 0 Å². The molecule has 0 spiro atoms. The van der Waals surface area contributed by atoms with Gasteiger partial charge in [-0.25, -0.2) is 0 Å². The van der Waals surface area contributed by atoms with E-state index in [-0.39, 0.29) is 6.04 Å². The number of nitrogens with zero attached hydrogens (tertiary/aromatic N) is 1. The summed E-state index contributed by atoms with van der Waals surface area (Å²) in [6.45, 7) is 5.25. The largest absolute Gasteiger partial charge is 0.310 e. The average Bonchev–Trinajstić information content (AvgIpc) is 2.43. The minimum Gasteiger partial charge on any atom is -0.310 e. The van der Waals surface area contributed by atoms with Crippen LogP contribution < -0.4 is 5.32 Å². The van der Waals surface area contributed by atoms with Gasteiger partial charge in [0.15, 0.2) is 0 Å². The molecule has 1 aromatic carbocycles. The van der Waals surface area contributed by atoms with Crippen LogP contribution in [0.3, 0.4) is 0 Å². The summed E-state index contributed by atoms with van der Waals surface area (Å²) in [5.74, 6) is 0. The predicted octanol–water partition coefficient (Wildman–Crippen LogP) is 4.33. The minimum absolute atomic E-state index is 0.275. The highest BCUT2D eigenvalue weighted by atomic mass is 35.5. The summed E-state index contributed by atoms with van der Waals surface area (Å²) in [7, 11) is 0. The van der Waals surface area contributed by atoms with Crippen molar-refractivity contribution < 1.29 is 0 Å². The Morgan fingerprint density at radius 1 is 1.30 bits per heavy atom. The fraction of sp³-hybridized carbons (Fsp3) is 0.353. The molecule has 0 aliphatic rings. The van der Waals surface area contributed by atoms with Gasteiger partial charge in [-0.2, -0.15) is 0 Å². The molecule has 0 saturated heterocycles. The van der Waals surface area contributed by atoms with E-state index in [4.69, 9.17) is 11.6 Å². The molecule has 0 aliphatic heterocycles. The van der Waals surface area contributed by atoms with Gasteiger partial charge in [0.1, 0.15) is 0 Å². The van der Waals surface area contributed by atoms with E-state index >= 15 is 0 Å². The zero-order valence-electron chi connectivity index (χ0n) is 12.1. The van der Waals surface area contributed by atoms with Crippen molar-refractivity contribution in [2.75, 3.05) is 6.54 Å². The van der Waals surface area contributed by atoms with Gasteiger partial charge in [-0.3, -0.25) is 4.98 Å². The van der Waals surface area contributed by atoms with Crippen LogP contribution in [0, 0.1) is 6.92 Å². The first-order valence-electron chi connectivity index (χ1n) is 7.08. The van der Waals surface area contributed by atoms with E-state index in [0.29, 0.717) is 0 Å². The third-order valence-electron chi connectivity index (χ3n) is 3.27. The monoisotopic (exact) mass is 288 g/mol. The molecule has 106 valence electrons. The second kappa shape index (κ2) is 7.41. The molecule has 0 aliphatic carbocycles. The Hall–Kier alpha value is -1.38. The van der Waals surface area contributed by atoms with E-state index in [0.717, 1.165) is 24.4 Å². The van der Waals surface area contributed by atoms with Gasteiger partial charge < -0.3 is 5.32 Å². The van der Waals surface area contributed by atoms with Gasteiger partial charge in [0, 0.05) is 23.5 Å². The molecule has 3 heteroatoms. The SMILES string of the molecule is CCCNC(Cc1cccnc1)c1cc(C)cc(Cl)c1. The van der Waals surface area contributed by atoms with Crippen molar-refractivity contribution in [3.05, 3.63) is 64.4 Å². The first-order valence-corrected chi connectivity index (χ1v) is 7.46. The Balaban J connectivity index is 2.22. The third-order valence-corrected chi connectivity index (χ3v) is 3.49. The molecule has 0 bridgehead atoms. The number of aryl methyl sites for hydroxylation is 1. The van der Waals surface area contributed by atoms with Gasteiger partial charge in [0.25, 0.3) is 0 Å². The molecular formula is C17H21ClN2. The quantitative estimate of drug-likeness (QED) is 0.856. The summed E-state index contributed by atoms with van der Waals surface area (Å²) in [4.78, 5) is 4.19. The van der Waals surface area contributed by atoms with Crippen molar-refractivity contribution in [2.24, 2.45) is 0 Å². The van der Waals surface area contributed by atoms with Gasteiger partial charge in [-0.05, 0) is 61.2 Å². The molecule has 2 rings (SSSR count). The number of hydrogen-bond donors (Lipinski definition) is 1. The number of benzene rings is 1. The Bertz CT molecular complexity index is 520. The van der Waals surface area contributed by atoms with Crippen molar-refractivity contribution in [1.29, 1.82) is 0 Å². The van der Waals surface area contributed by atoms with Crippen LogP contribution in [0.15, 0.2) is 42.7 Å². The second-order valence-electron chi connectivity index (χ2n) is 5.13. The molecule has 1 heterocycles. The number of nitrogens with one attached hydrogen (secondary N) is 1. The first-order chi connectivity index (χ1) is 9.69. The van der Waals surface area contributed by atoms with Gasteiger partial charge in [0.05, 0.1) is 0 Å². The molecule has 0 radical (unpaired) electrons.